The van der Waals surface area contributed by atoms with Crippen molar-refractivity contribution >= 4 is 11.3 Å². The topological polar surface area (TPSA) is 40.7 Å². The summed E-state index contributed by atoms with van der Waals surface area (Å²) < 4.78 is 0. The van der Waals surface area contributed by atoms with Crippen molar-refractivity contribution in [2.75, 3.05) is 6.54 Å². The Kier molecular flexibility index (Phi) is 2.31. The third kappa shape index (κ3) is 1.70. The number of aromatic nitrogens is 2. The lowest BCUT2D eigenvalue weighted by atomic mass is 10.2. The number of aromatic amines is 1. The fourth-order valence-corrected chi connectivity index (χ4v) is 2.90. The SMILES string of the molecule is c1cc(-c2csc(C3CCCN3)n2)c[nH]1. The molecule has 0 aliphatic carbocycles. The summed E-state index contributed by atoms with van der Waals surface area (Å²) in [5.41, 5.74) is 2.26. The number of rotatable bonds is 2. The van der Waals surface area contributed by atoms with Gasteiger partial charge in [-0.05, 0) is 25.5 Å². The minimum absolute atomic E-state index is 0.489. The second-order valence-electron chi connectivity index (χ2n) is 3.82. The molecule has 2 N–H and O–H groups in total. The molecule has 1 saturated heterocycles. The Morgan fingerprint density at radius 1 is 1.47 bits per heavy atom. The summed E-state index contributed by atoms with van der Waals surface area (Å²) in [7, 11) is 0. The molecule has 0 aromatic carbocycles. The van der Waals surface area contributed by atoms with Gasteiger partial charge >= 0.3 is 0 Å². The van der Waals surface area contributed by atoms with E-state index in [4.69, 9.17) is 0 Å². The van der Waals surface area contributed by atoms with E-state index in [-0.39, 0.29) is 0 Å². The van der Waals surface area contributed by atoms with Gasteiger partial charge in [-0.1, -0.05) is 0 Å². The Labute approximate surface area is 92.6 Å². The lowest BCUT2D eigenvalue weighted by Gasteiger charge is -2.04. The Hall–Kier alpha value is -1.13. The Morgan fingerprint density at radius 3 is 3.20 bits per heavy atom. The van der Waals surface area contributed by atoms with Crippen LogP contribution in [0.4, 0.5) is 0 Å². The number of thiazole rings is 1. The van der Waals surface area contributed by atoms with Crippen molar-refractivity contribution in [3.05, 3.63) is 28.8 Å². The van der Waals surface area contributed by atoms with Crippen LogP contribution in [0.1, 0.15) is 23.9 Å². The molecule has 1 atom stereocenters. The number of hydrogen-bond acceptors (Lipinski definition) is 3. The molecule has 3 rings (SSSR count). The lowest BCUT2D eigenvalue weighted by Crippen LogP contribution is -2.12. The van der Waals surface area contributed by atoms with Crippen LogP contribution >= 0.6 is 11.3 Å². The quantitative estimate of drug-likeness (QED) is 0.815. The molecule has 78 valence electrons. The third-order valence-electron chi connectivity index (χ3n) is 2.77. The molecular formula is C11H13N3S. The maximum absolute atomic E-state index is 4.67. The van der Waals surface area contributed by atoms with E-state index in [0.717, 1.165) is 12.2 Å². The molecule has 2 aromatic heterocycles. The first kappa shape index (κ1) is 9.12. The van der Waals surface area contributed by atoms with Crippen LogP contribution < -0.4 is 5.32 Å². The van der Waals surface area contributed by atoms with E-state index < -0.39 is 0 Å². The zero-order chi connectivity index (χ0) is 10.1. The highest BCUT2D eigenvalue weighted by molar-refractivity contribution is 7.10. The molecule has 3 nitrogen and oxygen atoms in total. The molecule has 1 aliphatic rings. The fourth-order valence-electron chi connectivity index (χ4n) is 1.96. The van der Waals surface area contributed by atoms with Crippen molar-refractivity contribution in [3.8, 4) is 11.3 Å². The van der Waals surface area contributed by atoms with E-state index in [1.54, 1.807) is 11.3 Å². The molecular weight excluding hydrogens is 206 g/mol. The summed E-state index contributed by atoms with van der Waals surface area (Å²) >= 11 is 1.76. The maximum Gasteiger partial charge on any atom is 0.110 e. The van der Waals surface area contributed by atoms with E-state index in [0.29, 0.717) is 6.04 Å². The smallest absolute Gasteiger partial charge is 0.110 e. The molecule has 1 fully saturated rings. The van der Waals surface area contributed by atoms with Gasteiger partial charge in [-0.2, -0.15) is 0 Å². The molecule has 3 heterocycles. The molecule has 1 unspecified atom stereocenters. The molecule has 0 amide bonds. The molecule has 0 saturated carbocycles. The summed E-state index contributed by atoms with van der Waals surface area (Å²) in [5, 5.41) is 6.83. The summed E-state index contributed by atoms with van der Waals surface area (Å²) in [6.07, 6.45) is 6.41. The van der Waals surface area contributed by atoms with Crippen LogP contribution in [0, 0.1) is 0 Å². The summed E-state index contributed by atoms with van der Waals surface area (Å²) in [4.78, 5) is 7.73. The van der Waals surface area contributed by atoms with Gasteiger partial charge in [0.05, 0.1) is 11.7 Å². The van der Waals surface area contributed by atoms with Gasteiger partial charge in [-0.3, -0.25) is 0 Å². The summed E-state index contributed by atoms with van der Waals surface area (Å²) in [6, 6.07) is 2.55. The van der Waals surface area contributed by atoms with E-state index in [1.807, 2.05) is 12.4 Å². The monoisotopic (exact) mass is 219 g/mol. The van der Waals surface area contributed by atoms with Gasteiger partial charge in [0.15, 0.2) is 0 Å². The van der Waals surface area contributed by atoms with Crippen molar-refractivity contribution in [1.29, 1.82) is 0 Å². The van der Waals surface area contributed by atoms with Crippen LogP contribution in [-0.2, 0) is 0 Å². The van der Waals surface area contributed by atoms with E-state index >= 15 is 0 Å². The lowest BCUT2D eigenvalue weighted by molar-refractivity contribution is 0.643. The highest BCUT2D eigenvalue weighted by atomic mass is 32.1. The van der Waals surface area contributed by atoms with Crippen LogP contribution in [0.25, 0.3) is 11.3 Å². The highest BCUT2D eigenvalue weighted by Gasteiger charge is 2.19. The Bertz CT molecular complexity index is 426. The average Bonchev–Trinajstić information content (AvgIpc) is 3.02. The zero-order valence-corrected chi connectivity index (χ0v) is 9.18. The first-order valence-electron chi connectivity index (χ1n) is 5.25. The van der Waals surface area contributed by atoms with Crippen LogP contribution in [0.3, 0.4) is 0 Å². The second-order valence-corrected chi connectivity index (χ2v) is 4.71. The highest BCUT2D eigenvalue weighted by Crippen LogP contribution is 2.29. The van der Waals surface area contributed by atoms with Gasteiger partial charge in [0.1, 0.15) is 5.01 Å². The maximum atomic E-state index is 4.67. The van der Waals surface area contributed by atoms with Crippen molar-refractivity contribution in [2.24, 2.45) is 0 Å². The number of H-pyrrole nitrogens is 1. The van der Waals surface area contributed by atoms with E-state index in [2.05, 4.69) is 26.7 Å². The fraction of sp³-hybridized carbons (Fsp3) is 0.364. The Morgan fingerprint density at radius 2 is 2.47 bits per heavy atom. The molecule has 15 heavy (non-hydrogen) atoms. The summed E-state index contributed by atoms with van der Waals surface area (Å²) in [6.45, 7) is 1.13. The van der Waals surface area contributed by atoms with Gasteiger partial charge in [0, 0.05) is 23.3 Å². The van der Waals surface area contributed by atoms with Crippen LogP contribution in [0.5, 0.6) is 0 Å². The molecule has 1 aliphatic heterocycles. The van der Waals surface area contributed by atoms with E-state index in [9.17, 15) is 0 Å². The predicted molar refractivity (Wildman–Crippen MR) is 61.9 cm³/mol. The van der Waals surface area contributed by atoms with Crippen molar-refractivity contribution in [2.45, 2.75) is 18.9 Å². The number of nitrogens with one attached hydrogen (secondary N) is 2. The molecule has 2 aromatic rings. The molecule has 4 heteroatoms. The third-order valence-corrected chi connectivity index (χ3v) is 3.73. The van der Waals surface area contributed by atoms with Gasteiger partial charge in [-0.25, -0.2) is 4.98 Å². The average molecular weight is 219 g/mol. The van der Waals surface area contributed by atoms with Gasteiger partial charge in [0.2, 0.25) is 0 Å². The van der Waals surface area contributed by atoms with Crippen LogP contribution in [0.2, 0.25) is 0 Å². The van der Waals surface area contributed by atoms with Gasteiger partial charge in [0.25, 0.3) is 0 Å². The molecule has 0 bridgehead atoms. The zero-order valence-electron chi connectivity index (χ0n) is 8.36. The van der Waals surface area contributed by atoms with Crippen LogP contribution in [-0.4, -0.2) is 16.5 Å². The largest absolute Gasteiger partial charge is 0.367 e. The molecule has 0 spiro atoms. The van der Waals surface area contributed by atoms with E-state index in [1.165, 1.54) is 23.4 Å². The van der Waals surface area contributed by atoms with Crippen molar-refractivity contribution in [3.63, 3.8) is 0 Å². The standard InChI is InChI=1S/C11H13N3S/c1-2-9(13-4-1)11-14-10(7-15-11)8-3-5-12-6-8/h3,5-7,9,12-13H,1-2,4H2. The van der Waals surface area contributed by atoms with Gasteiger partial charge in [-0.15, -0.1) is 11.3 Å². The van der Waals surface area contributed by atoms with Crippen molar-refractivity contribution < 1.29 is 0 Å². The summed E-state index contributed by atoms with van der Waals surface area (Å²) in [5.74, 6) is 0. The number of hydrogen-bond donors (Lipinski definition) is 2. The minimum atomic E-state index is 0.489. The first-order valence-corrected chi connectivity index (χ1v) is 6.13. The number of nitrogens with zero attached hydrogens (tertiary/aromatic N) is 1. The first-order chi connectivity index (χ1) is 7.43. The predicted octanol–water partition coefficient (Wildman–Crippen LogP) is 2.56. The normalized spacial score (nSPS) is 20.9. The van der Waals surface area contributed by atoms with Crippen LogP contribution in [0.15, 0.2) is 23.8 Å². The minimum Gasteiger partial charge on any atom is -0.367 e. The molecule has 0 radical (unpaired) electrons. The van der Waals surface area contributed by atoms with Gasteiger partial charge < -0.3 is 10.3 Å². The second kappa shape index (κ2) is 3.79. The Balaban J connectivity index is 1.87. The van der Waals surface area contributed by atoms with Crippen molar-refractivity contribution in [1.82, 2.24) is 15.3 Å².